The zero-order chi connectivity index (χ0) is 11.3. The van der Waals surface area contributed by atoms with Gasteiger partial charge in [-0.3, -0.25) is 11.3 Å². The van der Waals surface area contributed by atoms with E-state index in [0.29, 0.717) is 6.04 Å². The second-order valence-corrected chi connectivity index (χ2v) is 4.98. The number of hydrazine groups is 1. The van der Waals surface area contributed by atoms with E-state index in [1.54, 1.807) is 11.3 Å². The molecule has 0 fully saturated rings. The van der Waals surface area contributed by atoms with E-state index < -0.39 is 0 Å². The molecule has 3 N–H and O–H groups in total. The fraction of sp³-hybridized carbons (Fsp3) is 0.545. The molecule has 0 saturated carbocycles. The average molecular weight is 225 g/mol. The van der Waals surface area contributed by atoms with E-state index in [4.69, 9.17) is 5.84 Å². The molecular formula is C11H19N3S. The summed E-state index contributed by atoms with van der Waals surface area (Å²) in [5.41, 5.74) is 5.16. The van der Waals surface area contributed by atoms with Crippen LogP contribution in [0.3, 0.4) is 0 Å². The first-order chi connectivity index (χ1) is 7.11. The highest BCUT2D eigenvalue weighted by atomic mass is 32.1. The minimum atomic E-state index is 0.295. The van der Waals surface area contributed by atoms with Gasteiger partial charge in [-0.2, -0.15) is 0 Å². The molecule has 1 heterocycles. The number of nitrogens with one attached hydrogen (secondary N) is 1. The molecule has 0 aliphatic heterocycles. The van der Waals surface area contributed by atoms with Crippen LogP contribution < -0.4 is 11.3 Å². The first-order valence-electron chi connectivity index (χ1n) is 5.13. The summed E-state index contributed by atoms with van der Waals surface area (Å²) in [6.07, 6.45) is 2.93. The molecule has 4 heteroatoms. The summed E-state index contributed by atoms with van der Waals surface area (Å²) in [7, 11) is 0. The predicted molar refractivity (Wildman–Crippen MR) is 65.7 cm³/mol. The van der Waals surface area contributed by atoms with Gasteiger partial charge < -0.3 is 0 Å². The van der Waals surface area contributed by atoms with Gasteiger partial charge in [0.15, 0.2) is 0 Å². The van der Waals surface area contributed by atoms with Gasteiger partial charge in [0.05, 0.1) is 10.7 Å². The van der Waals surface area contributed by atoms with Gasteiger partial charge in [-0.05, 0) is 26.7 Å². The quantitative estimate of drug-likeness (QED) is 0.443. The lowest BCUT2D eigenvalue weighted by atomic mass is 10.0. The third-order valence-corrected chi connectivity index (χ3v) is 3.10. The Balaban J connectivity index is 2.42. The van der Waals surface area contributed by atoms with Gasteiger partial charge in [0, 0.05) is 17.8 Å². The summed E-state index contributed by atoms with van der Waals surface area (Å²) in [5.74, 6) is 5.51. The molecular weight excluding hydrogens is 206 g/mol. The second-order valence-electron chi connectivity index (χ2n) is 3.92. The molecule has 0 aliphatic rings. The van der Waals surface area contributed by atoms with Crippen molar-refractivity contribution in [3.8, 4) is 0 Å². The minimum Gasteiger partial charge on any atom is -0.271 e. The van der Waals surface area contributed by atoms with Crippen LogP contribution in [-0.4, -0.2) is 11.0 Å². The summed E-state index contributed by atoms with van der Waals surface area (Å²) >= 11 is 1.68. The van der Waals surface area contributed by atoms with Gasteiger partial charge in [-0.15, -0.1) is 17.9 Å². The van der Waals surface area contributed by atoms with Crippen molar-refractivity contribution in [1.29, 1.82) is 0 Å². The van der Waals surface area contributed by atoms with E-state index >= 15 is 0 Å². The molecule has 1 atom stereocenters. The number of thiazole rings is 1. The summed E-state index contributed by atoms with van der Waals surface area (Å²) in [6, 6.07) is 0.295. The Morgan fingerprint density at radius 2 is 2.47 bits per heavy atom. The molecule has 1 rings (SSSR count). The monoisotopic (exact) mass is 225 g/mol. The standard InChI is InChI=1S/C11H19N3S/c1-8(2)4-5-10(14-12)6-11-7-15-9(3)13-11/h7,10,14H,1,4-6,12H2,2-3H3. The zero-order valence-electron chi connectivity index (χ0n) is 9.42. The van der Waals surface area contributed by atoms with Gasteiger partial charge in [-0.1, -0.05) is 5.57 Å². The van der Waals surface area contributed by atoms with Crippen molar-refractivity contribution in [3.63, 3.8) is 0 Å². The van der Waals surface area contributed by atoms with Crippen molar-refractivity contribution in [1.82, 2.24) is 10.4 Å². The number of hydrogen-bond acceptors (Lipinski definition) is 4. The molecule has 0 saturated heterocycles. The van der Waals surface area contributed by atoms with Gasteiger partial charge in [0.1, 0.15) is 0 Å². The Hall–Kier alpha value is -0.710. The maximum atomic E-state index is 5.51. The second kappa shape index (κ2) is 6.00. The first-order valence-corrected chi connectivity index (χ1v) is 6.01. The Morgan fingerprint density at radius 3 is 2.93 bits per heavy atom. The van der Waals surface area contributed by atoms with Crippen LogP contribution in [0.25, 0.3) is 0 Å². The van der Waals surface area contributed by atoms with Crippen LogP contribution in [0.5, 0.6) is 0 Å². The predicted octanol–water partition coefficient (Wildman–Crippen LogP) is 2.18. The molecule has 0 aliphatic carbocycles. The molecule has 84 valence electrons. The van der Waals surface area contributed by atoms with E-state index in [-0.39, 0.29) is 0 Å². The topological polar surface area (TPSA) is 50.9 Å². The normalized spacial score (nSPS) is 12.7. The molecule has 0 amide bonds. The molecule has 1 aromatic heterocycles. The van der Waals surface area contributed by atoms with Gasteiger partial charge >= 0.3 is 0 Å². The van der Waals surface area contributed by atoms with Gasteiger partial charge in [-0.25, -0.2) is 4.98 Å². The lowest BCUT2D eigenvalue weighted by molar-refractivity contribution is 0.487. The largest absolute Gasteiger partial charge is 0.271 e. The van der Waals surface area contributed by atoms with E-state index in [9.17, 15) is 0 Å². The maximum Gasteiger partial charge on any atom is 0.0897 e. The van der Waals surface area contributed by atoms with E-state index in [1.807, 2.05) is 13.8 Å². The van der Waals surface area contributed by atoms with Crippen molar-refractivity contribution in [3.05, 3.63) is 28.2 Å². The van der Waals surface area contributed by atoms with Crippen LogP contribution >= 0.6 is 11.3 Å². The van der Waals surface area contributed by atoms with Crippen LogP contribution in [0, 0.1) is 6.92 Å². The molecule has 1 aromatic rings. The van der Waals surface area contributed by atoms with Gasteiger partial charge in [0.25, 0.3) is 0 Å². The van der Waals surface area contributed by atoms with Crippen LogP contribution in [-0.2, 0) is 6.42 Å². The summed E-state index contributed by atoms with van der Waals surface area (Å²) in [5, 5.41) is 3.21. The lowest BCUT2D eigenvalue weighted by Crippen LogP contribution is -2.36. The number of aryl methyl sites for hydroxylation is 1. The van der Waals surface area contributed by atoms with E-state index in [1.165, 1.54) is 5.57 Å². The van der Waals surface area contributed by atoms with Crippen LogP contribution in [0.1, 0.15) is 30.5 Å². The van der Waals surface area contributed by atoms with Crippen molar-refractivity contribution in [2.24, 2.45) is 5.84 Å². The number of rotatable bonds is 6. The van der Waals surface area contributed by atoms with E-state index in [2.05, 4.69) is 22.4 Å². The van der Waals surface area contributed by atoms with Crippen LogP contribution in [0.15, 0.2) is 17.5 Å². The fourth-order valence-electron chi connectivity index (χ4n) is 1.42. The number of allylic oxidation sites excluding steroid dienone is 1. The SMILES string of the molecule is C=C(C)CCC(Cc1csc(C)n1)NN. The molecule has 0 radical (unpaired) electrons. The minimum absolute atomic E-state index is 0.295. The fourth-order valence-corrected chi connectivity index (χ4v) is 2.04. The third-order valence-electron chi connectivity index (χ3n) is 2.28. The molecule has 1 unspecified atom stereocenters. The summed E-state index contributed by atoms with van der Waals surface area (Å²) < 4.78 is 0. The Bertz CT molecular complexity index is 319. The van der Waals surface area contributed by atoms with Crippen LogP contribution in [0.4, 0.5) is 0 Å². The summed E-state index contributed by atoms with van der Waals surface area (Å²) in [6.45, 7) is 7.95. The number of nitrogens with two attached hydrogens (primary N) is 1. The molecule has 0 spiro atoms. The van der Waals surface area contributed by atoms with Gasteiger partial charge in [0.2, 0.25) is 0 Å². The highest BCUT2D eigenvalue weighted by molar-refractivity contribution is 7.09. The number of aromatic nitrogens is 1. The van der Waals surface area contributed by atoms with E-state index in [0.717, 1.165) is 30.0 Å². The number of hydrogen-bond donors (Lipinski definition) is 2. The Kier molecular flexibility index (Phi) is 4.94. The highest BCUT2D eigenvalue weighted by Crippen LogP contribution is 2.13. The maximum absolute atomic E-state index is 5.51. The first kappa shape index (κ1) is 12.4. The number of nitrogens with zero attached hydrogens (tertiary/aromatic N) is 1. The smallest absolute Gasteiger partial charge is 0.0897 e. The average Bonchev–Trinajstić information content (AvgIpc) is 2.58. The zero-order valence-corrected chi connectivity index (χ0v) is 10.2. The molecule has 0 bridgehead atoms. The van der Waals surface area contributed by atoms with Crippen LogP contribution in [0.2, 0.25) is 0 Å². The van der Waals surface area contributed by atoms with Crippen molar-refractivity contribution < 1.29 is 0 Å². The molecule has 15 heavy (non-hydrogen) atoms. The van der Waals surface area contributed by atoms with Crippen molar-refractivity contribution in [2.75, 3.05) is 0 Å². The molecule has 0 aromatic carbocycles. The Labute approximate surface area is 95.4 Å². The highest BCUT2D eigenvalue weighted by Gasteiger charge is 2.09. The third kappa shape index (κ3) is 4.55. The Morgan fingerprint density at radius 1 is 1.73 bits per heavy atom. The lowest BCUT2D eigenvalue weighted by Gasteiger charge is -2.14. The van der Waals surface area contributed by atoms with Crippen molar-refractivity contribution >= 4 is 11.3 Å². The molecule has 3 nitrogen and oxygen atoms in total. The summed E-state index contributed by atoms with van der Waals surface area (Å²) in [4.78, 5) is 4.43. The van der Waals surface area contributed by atoms with Crippen molar-refractivity contribution in [2.45, 2.75) is 39.2 Å².